The molecule has 0 bridgehead atoms. The van der Waals surface area contributed by atoms with Crippen LogP contribution in [-0.4, -0.2) is 37.6 Å². The summed E-state index contributed by atoms with van der Waals surface area (Å²) in [4.78, 5) is 19.2. The number of amides is 1. The van der Waals surface area contributed by atoms with Crippen molar-refractivity contribution >= 4 is 11.7 Å². The Bertz CT molecular complexity index is 697. The third-order valence-electron chi connectivity index (χ3n) is 4.19. The monoisotopic (exact) mass is 355 g/mol. The summed E-state index contributed by atoms with van der Waals surface area (Å²) in [5, 5.41) is 2.99. The van der Waals surface area contributed by atoms with Crippen LogP contribution in [-0.2, 0) is 6.42 Å². The highest BCUT2D eigenvalue weighted by atomic mass is 16.5. The van der Waals surface area contributed by atoms with Crippen LogP contribution < -0.4 is 15.0 Å². The van der Waals surface area contributed by atoms with E-state index in [1.807, 2.05) is 30.3 Å². The van der Waals surface area contributed by atoms with Gasteiger partial charge in [0.2, 0.25) is 0 Å². The van der Waals surface area contributed by atoms with Gasteiger partial charge in [-0.15, -0.1) is 0 Å². The Morgan fingerprint density at radius 2 is 1.88 bits per heavy atom. The van der Waals surface area contributed by atoms with Crippen molar-refractivity contribution in [3.05, 3.63) is 53.7 Å². The van der Waals surface area contributed by atoms with Crippen molar-refractivity contribution in [2.75, 3.05) is 31.6 Å². The quantitative estimate of drug-likeness (QED) is 0.706. The number of rotatable bonds is 10. The van der Waals surface area contributed by atoms with Crippen LogP contribution >= 0.6 is 0 Å². The molecule has 1 aromatic carbocycles. The Morgan fingerprint density at radius 3 is 2.58 bits per heavy atom. The van der Waals surface area contributed by atoms with Gasteiger partial charge >= 0.3 is 0 Å². The largest absolute Gasteiger partial charge is 0.496 e. The highest BCUT2D eigenvalue weighted by molar-refractivity contribution is 5.94. The van der Waals surface area contributed by atoms with Crippen molar-refractivity contribution < 1.29 is 9.53 Å². The van der Waals surface area contributed by atoms with Gasteiger partial charge in [-0.2, -0.15) is 0 Å². The molecule has 0 radical (unpaired) electrons. The molecule has 140 valence electrons. The number of aromatic nitrogens is 1. The lowest BCUT2D eigenvalue weighted by atomic mass is 10.1. The minimum atomic E-state index is -0.0727. The van der Waals surface area contributed by atoms with E-state index >= 15 is 0 Å². The fourth-order valence-electron chi connectivity index (χ4n) is 2.94. The van der Waals surface area contributed by atoms with Crippen molar-refractivity contribution in [2.45, 2.75) is 33.1 Å². The Hall–Kier alpha value is -2.56. The van der Waals surface area contributed by atoms with Gasteiger partial charge in [0.1, 0.15) is 11.6 Å². The van der Waals surface area contributed by atoms with Gasteiger partial charge in [0.05, 0.1) is 7.11 Å². The number of ether oxygens (including phenoxy) is 1. The number of hydrogen-bond donors (Lipinski definition) is 1. The van der Waals surface area contributed by atoms with E-state index in [0.717, 1.165) is 49.5 Å². The van der Waals surface area contributed by atoms with E-state index in [9.17, 15) is 4.79 Å². The molecular weight excluding hydrogens is 326 g/mol. The smallest absolute Gasteiger partial charge is 0.251 e. The molecule has 0 aliphatic rings. The molecular formula is C21H29N3O2. The number of methoxy groups -OCH3 is 1. The number of para-hydroxylation sites is 1. The fraction of sp³-hybridized carbons (Fsp3) is 0.429. The van der Waals surface area contributed by atoms with E-state index in [-0.39, 0.29) is 5.91 Å². The zero-order chi connectivity index (χ0) is 18.8. The van der Waals surface area contributed by atoms with Gasteiger partial charge < -0.3 is 15.0 Å². The van der Waals surface area contributed by atoms with Crippen LogP contribution in [0, 0.1) is 0 Å². The molecule has 1 heterocycles. The summed E-state index contributed by atoms with van der Waals surface area (Å²) in [5.74, 6) is 1.64. The predicted octanol–water partition coefficient (Wildman–Crippen LogP) is 3.69. The minimum Gasteiger partial charge on any atom is -0.496 e. The van der Waals surface area contributed by atoms with Crippen molar-refractivity contribution in [3.63, 3.8) is 0 Å². The third-order valence-corrected chi connectivity index (χ3v) is 4.19. The van der Waals surface area contributed by atoms with Crippen LogP contribution in [0.1, 0.15) is 42.6 Å². The first-order valence-corrected chi connectivity index (χ1v) is 9.30. The summed E-state index contributed by atoms with van der Waals surface area (Å²) >= 11 is 0. The first kappa shape index (κ1) is 19.8. The molecule has 0 saturated carbocycles. The standard InChI is InChI=1S/C21H29N3O2/c1-4-14-24(15-5-2)20-16-18(11-12-22-20)21(25)23-13-10-17-8-6-7-9-19(17)26-3/h6-9,11-12,16H,4-5,10,13-15H2,1-3H3,(H,23,25). The molecule has 1 N–H and O–H groups in total. The summed E-state index contributed by atoms with van der Waals surface area (Å²) in [6.07, 6.45) is 4.54. The van der Waals surface area contributed by atoms with Crippen LogP contribution in [0.2, 0.25) is 0 Å². The van der Waals surface area contributed by atoms with Crippen LogP contribution in [0.3, 0.4) is 0 Å². The van der Waals surface area contributed by atoms with E-state index in [0.29, 0.717) is 12.1 Å². The molecule has 26 heavy (non-hydrogen) atoms. The Balaban J connectivity index is 1.98. The highest BCUT2D eigenvalue weighted by Crippen LogP contribution is 2.17. The number of hydrogen-bond acceptors (Lipinski definition) is 4. The molecule has 5 heteroatoms. The number of nitrogens with zero attached hydrogens (tertiary/aromatic N) is 2. The second-order valence-electron chi connectivity index (χ2n) is 6.21. The molecule has 0 spiro atoms. The van der Waals surface area contributed by atoms with Crippen LogP contribution in [0.25, 0.3) is 0 Å². The van der Waals surface area contributed by atoms with Crippen molar-refractivity contribution in [2.24, 2.45) is 0 Å². The molecule has 0 unspecified atom stereocenters. The van der Waals surface area contributed by atoms with Crippen molar-refractivity contribution in [3.8, 4) is 5.75 Å². The van der Waals surface area contributed by atoms with E-state index < -0.39 is 0 Å². The summed E-state index contributed by atoms with van der Waals surface area (Å²) in [6, 6.07) is 11.5. The predicted molar refractivity (Wildman–Crippen MR) is 106 cm³/mol. The molecule has 1 aromatic heterocycles. The summed E-state index contributed by atoms with van der Waals surface area (Å²) < 4.78 is 5.35. The normalized spacial score (nSPS) is 10.4. The van der Waals surface area contributed by atoms with Gasteiger partial charge in [-0.05, 0) is 43.0 Å². The van der Waals surface area contributed by atoms with E-state index in [1.54, 1.807) is 19.4 Å². The molecule has 2 rings (SSSR count). The zero-order valence-electron chi connectivity index (χ0n) is 16.0. The fourth-order valence-corrected chi connectivity index (χ4v) is 2.94. The lowest BCUT2D eigenvalue weighted by molar-refractivity contribution is 0.0954. The third kappa shape index (κ3) is 5.48. The van der Waals surface area contributed by atoms with Crippen LogP contribution in [0.15, 0.2) is 42.6 Å². The average molecular weight is 355 g/mol. The van der Waals surface area contributed by atoms with E-state index in [2.05, 4.69) is 29.0 Å². The summed E-state index contributed by atoms with van der Waals surface area (Å²) in [7, 11) is 1.66. The van der Waals surface area contributed by atoms with Crippen molar-refractivity contribution in [1.82, 2.24) is 10.3 Å². The topological polar surface area (TPSA) is 54.5 Å². The lowest BCUT2D eigenvalue weighted by Gasteiger charge is -2.22. The number of anilines is 1. The van der Waals surface area contributed by atoms with Gasteiger partial charge in [-0.25, -0.2) is 4.98 Å². The maximum Gasteiger partial charge on any atom is 0.251 e. The number of benzene rings is 1. The first-order chi connectivity index (χ1) is 12.7. The number of carbonyl (C=O) groups excluding carboxylic acids is 1. The van der Waals surface area contributed by atoms with E-state index in [4.69, 9.17) is 4.74 Å². The molecule has 0 saturated heterocycles. The van der Waals surface area contributed by atoms with Gasteiger partial charge in [0.25, 0.3) is 5.91 Å². The van der Waals surface area contributed by atoms with Crippen LogP contribution in [0.4, 0.5) is 5.82 Å². The molecule has 0 atom stereocenters. The average Bonchev–Trinajstić information content (AvgIpc) is 2.68. The number of pyridine rings is 1. The maximum atomic E-state index is 12.5. The van der Waals surface area contributed by atoms with E-state index in [1.165, 1.54) is 0 Å². The number of carbonyl (C=O) groups is 1. The lowest BCUT2D eigenvalue weighted by Crippen LogP contribution is -2.28. The van der Waals surface area contributed by atoms with Gasteiger partial charge in [-0.3, -0.25) is 4.79 Å². The first-order valence-electron chi connectivity index (χ1n) is 9.30. The Labute approximate surface area is 156 Å². The van der Waals surface area contributed by atoms with Crippen LogP contribution in [0.5, 0.6) is 5.75 Å². The second kappa shape index (κ2) is 10.4. The van der Waals surface area contributed by atoms with Gasteiger partial charge in [0.15, 0.2) is 0 Å². The Morgan fingerprint density at radius 1 is 1.15 bits per heavy atom. The molecule has 1 amide bonds. The SMILES string of the molecule is CCCN(CCC)c1cc(C(=O)NCCc2ccccc2OC)ccn1. The summed E-state index contributed by atoms with van der Waals surface area (Å²) in [6.45, 7) is 6.75. The minimum absolute atomic E-state index is 0.0727. The zero-order valence-corrected chi connectivity index (χ0v) is 16.0. The number of nitrogens with one attached hydrogen (secondary N) is 1. The molecule has 5 nitrogen and oxygen atoms in total. The van der Waals surface area contributed by atoms with Gasteiger partial charge in [0, 0.05) is 31.4 Å². The maximum absolute atomic E-state index is 12.5. The second-order valence-corrected chi connectivity index (χ2v) is 6.21. The molecule has 0 fully saturated rings. The molecule has 2 aromatic rings. The molecule has 0 aliphatic carbocycles. The molecule has 0 aliphatic heterocycles. The Kier molecular flexibility index (Phi) is 7.93. The summed E-state index contributed by atoms with van der Waals surface area (Å²) in [5.41, 5.74) is 1.73. The van der Waals surface area contributed by atoms with Crippen molar-refractivity contribution in [1.29, 1.82) is 0 Å². The highest BCUT2D eigenvalue weighted by Gasteiger charge is 2.11. The van der Waals surface area contributed by atoms with Gasteiger partial charge in [-0.1, -0.05) is 32.0 Å².